The van der Waals surface area contributed by atoms with E-state index >= 15 is 0 Å². The van der Waals surface area contributed by atoms with Crippen molar-refractivity contribution in [2.45, 2.75) is 32.0 Å². The monoisotopic (exact) mass is 537 g/mol. The zero-order valence-electron chi connectivity index (χ0n) is 18.6. The molecule has 0 aliphatic carbocycles. The van der Waals surface area contributed by atoms with Crippen LogP contribution in [-0.4, -0.2) is 17.0 Å². The fourth-order valence-corrected chi connectivity index (χ4v) is 4.50. The van der Waals surface area contributed by atoms with Crippen LogP contribution in [0.4, 0.5) is 24.5 Å². The first-order valence-electron chi connectivity index (χ1n) is 10.5. The van der Waals surface area contributed by atoms with Crippen LogP contribution in [-0.2, 0) is 10.4 Å². The quantitative estimate of drug-likeness (QED) is 0.331. The predicted octanol–water partition coefficient (Wildman–Crippen LogP) is 8.00. The molecule has 182 valence electrons. The van der Waals surface area contributed by atoms with Crippen molar-refractivity contribution < 1.29 is 18.0 Å². The van der Waals surface area contributed by atoms with E-state index in [1.807, 2.05) is 38.1 Å². The Hall–Kier alpha value is -2.81. The average Bonchev–Trinajstić information content (AvgIpc) is 3.23. The van der Waals surface area contributed by atoms with Gasteiger partial charge in [-0.1, -0.05) is 52.1 Å². The summed E-state index contributed by atoms with van der Waals surface area (Å²) >= 11 is 17.3. The molecule has 0 fully saturated rings. The van der Waals surface area contributed by atoms with E-state index in [1.165, 1.54) is 18.2 Å². The first-order chi connectivity index (χ1) is 16.5. The summed E-state index contributed by atoms with van der Waals surface area (Å²) < 4.78 is 42.7. The lowest BCUT2D eigenvalue weighted by molar-refractivity contribution is -0.275. The van der Waals surface area contributed by atoms with E-state index in [-0.39, 0.29) is 21.3 Å². The number of thiocarbonyl (C=S) groups is 1. The molecule has 10 heteroatoms. The molecule has 1 aliphatic heterocycles. The second-order valence-corrected chi connectivity index (χ2v) is 9.54. The molecule has 0 radical (unpaired) electrons. The van der Waals surface area contributed by atoms with Gasteiger partial charge in [-0.2, -0.15) is 13.2 Å². The minimum atomic E-state index is -4.75. The summed E-state index contributed by atoms with van der Waals surface area (Å²) in [5, 5.41) is 10.6. The lowest BCUT2D eigenvalue weighted by atomic mass is 9.86. The SMILES string of the molecule is Cc1ccc(NC(=S)Nc2ccc(C3=NOC(c4cc(Cl)cc(Cl)c4)(C(F)(F)F)C3)cc2C)cc1. The summed E-state index contributed by atoms with van der Waals surface area (Å²) in [4.78, 5) is 5.08. The maximum Gasteiger partial charge on any atom is 0.435 e. The van der Waals surface area contributed by atoms with Crippen molar-refractivity contribution in [1.29, 1.82) is 0 Å². The van der Waals surface area contributed by atoms with Gasteiger partial charge in [-0.05, 0) is 79.7 Å². The number of anilines is 2. The third kappa shape index (κ3) is 5.39. The summed E-state index contributed by atoms with van der Waals surface area (Å²) in [5.41, 5.74) is 1.23. The van der Waals surface area contributed by atoms with Gasteiger partial charge in [-0.15, -0.1) is 0 Å². The maximum absolute atomic E-state index is 14.2. The van der Waals surface area contributed by atoms with Crippen molar-refractivity contribution in [3.8, 4) is 0 Å². The van der Waals surface area contributed by atoms with Gasteiger partial charge >= 0.3 is 6.18 Å². The number of benzene rings is 3. The number of alkyl halides is 3. The molecule has 0 spiro atoms. The smallest absolute Gasteiger partial charge is 0.374 e. The van der Waals surface area contributed by atoms with Crippen LogP contribution in [0, 0.1) is 13.8 Å². The number of rotatable bonds is 4. The summed E-state index contributed by atoms with van der Waals surface area (Å²) in [5.74, 6) is 0. The van der Waals surface area contributed by atoms with Gasteiger partial charge in [0.15, 0.2) is 5.11 Å². The van der Waals surface area contributed by atoms with Gasteiger partial charge in [0.1, 0.15) is 0 Å². The molecular formula is C25H20Cl2F3N3OS. The third-order valence-corrected chi connectivity index (χ3v) is 6.27. The van der Waals surface area contributed by atoms with Gasteiger partial charge in [-0.25, -0.2) is 0 Å². The third-order valence-electron chi connectivity index (χ3n) is 5.63. The topological polar surface area (TPSA) is 45.7 Å². The molecule has 1 atom stereocenters. The van der Waals surface area contributed by atoms with E-state index in [1.54, 1.807) is 18.2 Å². The van der Waals surface area contributed by atoms with Crippen molar-refractivity contribution in [3.05, 3.63) is 93.0 Å². The molecule has 2 N–H and O–H groups in total. The molecule has 1 aliphatic rings. The zero-order valence-corrected chi connectivity index (χ0v) is 21.0. The van der Waals surface area contributed by atoms with Crippen LogP contribution in [0.1, 0.15) is 28.7 Å². The molecule has 0 saturated carbocycles. The first kappa shape index (κ1) is 25.3. The van der Waals surface area contributed by atoms with E-state index in [0.29, 0.717) is 16.4 Å². The number of nitrogens with one attached hydrogen (secondary N) is 2. The van der Waals surface area contributed by atoms with E-state index in [2.05, 4.69) is 15.8 Å². The number of nitrogens with zero attached hydrogens (tertiary/aromatic N) is 1. The van der Waals surface area contributed by atoms with Gasteiger partial charge < -0.3 is 15.5 Å². The Morgan fingerprint density at radius 3 is 2.23 bits per heavy atom. The minimum absolute atomic E-state index is 0.0784. The van der Waals surface area contributed by atoms with Gasteiger partial charge in [0.05, 0.1) is 5.71 Å². The highest BCUT2D eigenvalue weighted by Crippen LogP contribution is 2.49. The predicted molar refractivity (Wildman–Crippen MR) is 139 cm³/mol. The molecule has 3 aromatic rings. The summed E-state index contributed by atoms with van der Waals surface area (Å²) in [6.07, 6.45) is -5.27. The molecular weight excluding hydrogens is 518 g/mol. The molecule has 1 heterocycles. The number of hydrogen-bond donors (Lipinski definition) is 2. The van der Waals surface area contributed by atoms with Crippen LogP contribution in [0.3, 0.4) is 0 Å². The Morgan fingerprint density at radius 1 is 0.971 bits per heavy atom. The molecule has 4 rings (SSSR count). The minimum Gasteiger partial charge on any atom is -0.374 e. The molecule has 0 amide bonds. The van der Waals surface area contributed by atoms with E-state index in [0.717, 1.165) is 16.8 Å². The van der Waals surface area contributed by atoms with Gasteiger partial charge in [0.25, 0.3) is 5.60 Å². The Kier molecular flexibility index (Phi) is 6.99. The lowest BCUT2D eigenvalue weighted by Gasteiger charge is -2.29. The standard InChI is InChI=1S/C25H20Cl2F3N3OS/c1-14-3-6-20(7-4-14)31-23(35)32-21-8-5-16(9-15(21)2)22-13-24(34-33-22,25(28,29)30)17-10-18(26)12-19(27)11-17/h3-12H,13H2,1-2H3,(H2,31,32,35). The highest BCUT2D eigenvalue weighted by molar-refractivity contribution is 7.80. The number of oxime groups is 1. The van der Waals surface area contributed by atoms with Crippen molar-refractivity contribution in [1.82, 2.24) is 0 Å². The lowest BCUT2D eigenvalue weighted by Crippen LogP contribution is -2.42. The molecule has 35 heavy (non-hydrogen) atoms. The number of aryl methyl sites for hydroxylation is 2. The average molecular weight is 538 g/mol. The van der Waals surface area contributed by atoms with E-state index < -0.39 is 18.2 Å². The Labute approximate surface area is 216 Å². The van der Waals surface area contributed by atoms with Crippen LogP contribution in [0.15, 0.2) is 65.8 Å². The van der Waals surface area contributed by atoms with E-state index in [9.17, 15) is 13.2 Å². The van der Waals surface area contributed by atoms with Crippen molar-refractivity contribution in [2.24, 2.45) is 5.16 Å². The Morgan fingerprint density at radius 2 is 1.63 bits per heavy atom. The number of hydrogen-bond acceptors (Lipinski definition) is 3. The fraction of sp³-hybridized carbons (Fsp3) is 0.200. The molecule has 0 saturated heterocycles. The second-order valence-electron chi connectivity index (χ2n) is 8.26. The maximum atomic E-state index is 14.2. The zero-order chi connectivity index (χ0) is 25.4. The first-order valence-corrected chi connectivity index (χ1v) is 11.7. The van der Waals surface area contributed by atoms with Crippen molar-refractivity contribution in [3.63, 3.8) is 0 Å². The second kappa shape index (κ2) is 9.68. The summed E-state index contributed by atoms with van der Waals surface area (Å²) in [6, 6.07) is 16.6. The van der Waals surface area contributed by atoms with Crippen molar-refractivity contribution >= 4 is 57.6 Å². The van der Waals surface area contributed by atoms with Crippen LogP contribution in [0.2, 0.25) is 10.0 Å². The normalized spacial score (nSPS) is 17.5. The summed E-state index contributed by atoms with van der Waals surface area (Å²) in [6.45, 7) is 3.82. The van der Waals surface area contributed by atoms with Crippen LogP contribution in [0.5, 0.6) is 0 Å². The largest absolute Gasteiger partial charge is 0.435 e. The highest BCUT2D eigenvalue weighted by Gasteiger charge is 2.62. The van der Waals surface area contributed by atoms with E-state index in [4.69, 9.17) is 40.3 Å². The highest BCUT2D eigenvalue weighted by atomic mass is 35.5. The Balaban J connectivity index is 1.53. The molecule has 0 aromatic heterocycles. The molecule has 0 bridgehead atoms. The fourth-order valence-electron chi connectivity index (χ4n) is 3.75. The van der Waals surface area contributed by atoms with Gasteiger partial charge in [-0.3, -0.25) is 0 Å². The Bertz CT molecular complexity index is 1290. The van der Waals surface area contributed by atoms with Crippen LogP contribution < -0.4 is 10.6 Å². The van der Waals surface area contributed by atoms with Gasteiger partial charge in [0, 0.05) is 33.4 Å². The molecule has 3 aromatic carbocycles. The van der Waals surface area contributed by atoms with Crippen LogP contribution in [0.25, 0.3) is 0 Å². The molecule has 4 nitrogen and oxygen atoms in total. The van der Waals surface area contributed by atoms with Gasteiger partial charge in [0.2, 0.25) is 0 Å². The number of halogens is 5. The van der Waals surface area contributed by atoms with Crippen LogP contribution >= 0.6 is 35.4 Å². The summed E-state index contributed by atoms with van der Waals surface area (Å²) in [7, 11) is 0. The molecule has 1 unspecified atom stereocenters. The van der Waals surface area contributed by atoms with Crippen molar-refractivity contribution in [2.75, 3.05) is 10.6 Å².